The van der Waals surface area contributed by atoms with Crippen molar-refractivity contribution >= 4 is 39.2 Å². The Balaban J connectivity index is 1.40. The summed E-state index contributed by atoms with van der Waals surface area (Å²) < 4.78 is 16.2. The lowest BCUT2D eigenvalue weighted by molar-refractivity contribution is 0.372. The molecule has 1 spiro atoms. The van der Waals surface area contributed by atoms with Gasteiger partial charge in [0.15, 0.2) is 11.5 Å². The number of nitrogens with zero attached hydrogens (tertiary/aromatic N) is 5. The molecule has 6 rings (SSSR count). The van der Waals surface area contributed by atoms with E-state index in [-0.39, 0.29) is 11.4 Å². The zero-order valence-corrected chi connectivity index (χ0v) is 18.1. The van der Waals surface area contributed by atoms with Crippen LogP contribution in [0.25, 0.3) is 33.2 Å². The molecule has 1 saturated carbocycles. The molecule has 31 heavy (non-hydrogen) atoms. The van der Waals surface area contributed by atoms with Crippen molar-refractivity contribution in [3.8, 4) is 11.3 Å². The highest BCUT2D eigenvalue weighted by Crippen LogP contribution is 2.40. The molecular weight excluding hydrogens is 415 g/mol. The highest BCUT2D eigenvalue weighted by molar-refractivity contribution is 6.35. The van der Waals surface area contributed by atoms with Crippen LogP contribution in [0.1, 0.15) is 19.8 Å². The van der Waals surface area contributed by atoms with Crippen LogP contribution >= 0.6 is 11.6 Å². The first-order valence-electron chi connectivity index (χ1n) is 10.5. The fourth-order valence-electron chi connectivity index (χ4n) is 4.76. The summed E-state index contributed by atoms with van der Waals surface area (Å²) in [6.07, 6.45) is 6.10. The van der Waals surface area contributed by atoms with E-state index in [4.69, 9.17) is 11.6 Å². The van der Waals surface area contributed by atoms with Crippen molar-refractivity contribution in [2.45, 2.75) is 31.3 Å². The number of hydrogen-bond acceptors (Lipinski definition) is 5. The van der Waals surface area contributed by atoms with Gasteiger partial charge in [-0.05, 0) is 44.0 Å². The lowest BCUT2D eigenvalue weighted by Gasteiger charge is -2.39. The predicted molar refractivity (Wildman–Crippen MR) is 121 cm³/mol. The molecule has 0 radical (unpaired) electrons. The third kappa shape index (κ3) is 3.23. The van der Waals surface area contributed by atoms with Gasteiger partial charge in [0.2, 0.25) is 0 Å². The van der Waals surface area contributed by atoms with E-state index in [0.717, 1.165) is 29.5 Å². The number of halogens is 2. The second-order valence-electron chi connectivity index (χ2n) is 8.96. The molecule has 1 aromatic carbocycles. The van der Waals surface area contributed by atoms with Crippen LogP contribution in [-0.2, 0) is 7.05 Å². The Hall–Kier alpha value is -2.77. The van der Waals surface area contributed by atoms with E-state index in [9.17, 15) is 4.39 Å². The number of anilines is 1. The van der Waals surface area contributed by atoms with Crippen molar-refractivity contribution in [3.05, 3.63) is 47.5 Å². The van der Waals surface area contributed by atoms with Gasteiger partial charge in [0.1, 0.15) is 5.52 Å². The van der Waals surface area contributed by atoms with Gasteiger partial charge in [-0.2, -0.15) is 5.10 Å². The van der Waals surface area contributed by atoms with Gasteiger partial charge in [-0.15, -0.1) is 0 Å². The maximum absolute atomic E-state index is 14.6. The van der Waals surface area contributed by atoms with E-state index < -0.39 is 0 Å². The number of nitrogens with one attached hydrogen (secondary N) is 1. The number of aromatic nitrogens is 4. The van der Waals surface area contributed by atoms with Crippen LogP contribution in [0, 0.1) is 5.82 Å². The van der Waals surface area contributed by atoms with Gasteiger partial charge in [0, 0.05) is 54.3 Å². The summed E-state index contributed by atoms with van der Waals surface area (Å²) in [5.41, 5.74) is 3.47. The molecule has 1 aliphatic heterocycles. The van der Waals surface area contributed by atoms with Crippen molar-refractivity contribution in [2.24, 2.45) is 7.05 Å². The summed E-state index contributed by atoms with van der Waals surface area (Å²) in [7, 11) is 1.77. The van der Waals surface area contributed by atoms with Crippen molar-refractivity contribution in [1.82, 2.24) is 25.1 Å². The first-order valence-corrected chi connectivity index (χ1v) is 10.9. The molecule has 0 unspecified atom stereocenters. The maximum atomic E-state index is 14.6. The Bertz CT molecular complexity index is 1350. The first-order chi connectivity index (χ1) is 14.9. The number of piperazine rings is 1. The summed E-state index contributed by atoms with van der Waals surface area (Å²) in [5, 5.41) is 9.98. The molecule has 4 heterocycles. The maximum Gasteiger partial charge on any atom is 0.161 e. The third-order valence-electron chi connectivity index (χ3n) is 6.33. The van der Waals surface area contributed by atoms with Gasteiger partial charge in [-0.1, -0.05) is 11.6 Å². The summed E-state index contributed by atoms with van der Waals surface area (Å²) >= 11 is 6.66. The average Bonchev–Trinajstić information content (AvgIpc) is 3.34. The second kappa shape index (κ2) is 6.61. The number of aryl methyl sites for hydroxylation is 1. The summed E-state index contributed by atoms with van der Waals surface area (Å²) in [5.74, 6) is -0.378. The molecule has 0 amide bonds. The predicted octanol–water partition coefficient (Wildman–Crippen LogP) is 4.31. The van der Waals surface area contributed by atoms with E-state index in [1.54, 1.807) is 24.0 Å². The van der Waals surface area contributed by atoms with E-state index in [1.165, 1.54) is 18.9 Å². The summed E-state index contributed by atoms with van der Waals surface area (Å²) in [4.78, 5) is 11.7. The Morgan fingerprint density at radius 2 is 2.06 bits per heavy atom. The van der Waals surface area contributed by atoms with Gasteiger partial charge in [-0.3, -0.25) is 4.68 Å². The van der Waals surface area contributed by atoms with E-state index >= 15 is 0 Å². The Kier molecular flexibility index (Phi) is 4.04. The molecule has 1 saturated heterocycles. The molecular formula is C23H22ClFN6. The molecule has 1 N–H and O–H groups in total. The van der Waals surface area contributed by atoms with Gasteiger partial charge in [0.05, 0.1) is 22.6 Å². The molecule has 0 bridgehead atoms. The van der Waals surface area contributed by atoms with Crippen molar-refractivity contribution in [2.75, 3.05) is 18.0 Å². The Labute approximate surface area is 184 Å². The van der Waals surface area contributed by atoms with Crippen LogP contribution in [0.4, 0.5) is 10.1 Å². The molecule has 158 valence electrons. The zero-order chi connectivity index (χ0) is 21.3. The highest BCUT2D eigenvalue weighted by Gasteiger charge is 2.47. The lowest BCUT2D eigenvalue weighted by Crippen LogP contribution is -2.57. The number of fused-ring (bicyclic) bond motifs is 2. The Morgan fingerprint density at radius 3 is 2.87 bits per heavy atom. The van der Waals surface area contributed by atoms with E-state index in [0.29, 0.717) is 33.5 Å². The molecule has 2 aliphatic rings. The quantitative estimate of drug-likeness (QED) is 0.507. The molecule has 6 nitrogen and oxygen atoms in total. The smallest absolute Gasteiger partial charge is 0.161 e. The minimum absolute atomic E-state index is 0.257. The topological polar surface area (TPSA) is 58.9 Å². The number of rotatable bonds is 2. The molecule has 3 aromatic heterocycles. The second-order valence-corrected chi connectivity index (χ2v) is 9.37. The van der Waals surface area contributed by atoms with E-state index in [2.05, 4.69) is 38.3 Å². The third-order valence-corrected chi connectivity index (χ3v) is 6.64. The Morgan fingerprint density at radius 1 is 1.23 bits per heavy atom. The van der Waals surface area contributed by atoms with Crippen LogP contribution in [0.15, 0.2) is 36.7 Å². The van der Waals surface area contributed by atoms with Crippen LogP contribution < -0.4 is 10.2 Å². The molecule has 2 fully saturated rings. The number of hydrogen-bond donors (Lipinski definition) is 1. The summed E-state index contributed by atoms with van der Waals surface area (Å²) in [6.45, 7) is 4.14. The standard InChI is InChI=1S/C23H22ClFN6/c1-13-10-31(12-23(28-13)3-4-23)16-7-17-18(24)8-20(27-22(17)26-9-16)14-5-15-11-30(2)29-21(15)19(25)6-14/h5-9,11,13,28H,3-4,10,12H2,1-2H3/t13-/m1/s1. The fraction of sp³-hybridized carbons (Fsp3) is 0.348. The number of benzene rings is 1. The largest absolute Gasteiger partial charge is 0.367 e. The normalized spacial score (nSPS) is 20.1. The van der Waals surface area contributed by atoms with Crippen LogP contribution in [-0.4, -0.2) is 44.4 Å². The zero-order valence-electron chi connectivity index (χ0n) is 17.4. The van der Waals surface area contributed by atoms with Crippen molar-refractivity contribution in [1.29, 1.82) is 0 Å². The minimum atomic E-state index is -0.378. The minimum Gasteiger partial charge on any atom is -0.367 e. The van der Waals surface area contributed by atoms with E-state index in [1.807, 2.05) is 12.3 Å². The first kappa shape index (κ1) is 19.0. The highest BCUT2D eigenvalue weighted by atomic mass is 35.5. The van der Waals surface area contributed by atoms with Crippen LogP contribution in [0.5, 0.6) is 0 Å². The SMILES string of the molecule is C[C@@H]1CN(c2cnc3nc(-c4cc(F)c5nn(C)cc5c4)cc(Cl)c3c2)CC2(CC2)N1. The monoisotopic (exact) mass is 436 g/mol. The molecule has 8 heteroatoms. The van der Waals surface area contributed by atoms with Crippen molar-refractivity contribution in [3.63, 3.8) is 0 Å². The van der Waals surface area contributed by atoms with Crippen LogP contribution in [0.2, 0.25) is 5.02 Å². The van der Waals surface area contributed by atoms with Gasteiger partial charge in [-0.25, -0.2) is 14.4 Å². The molecule has 4 aromatic rings. The molecule has 1 aliphatic carbocycles. The average molecular weight is 437 g/mol. The fourth-order valence-corrected chi connectivity index (χ4v) is 5.00. The van der Waals surface area contributed by atoms with Crippen molar-refractivity contribution < 1.29 is 4.39 Å². The summed E-state index contributed by atoms with van der Waals surface area (Å²) in [6, 6.07) is 7.61. The number of pyridine rings is 2. The van der Waals surface area contributed by atoms with Gasteiger partial charge in [0.25, 0.3) is 0 Å². The molecule has 1 atom stereocenters. The van der Waals surface area contributed by atoms with Gasteiger partial charge < -0.3 is 10.2 Å². The van der Waals surface area contributed by atoms with Gasteiger partial charge >= 0.3 is 0 Å². The van der Waals surface area contributed by atoms with Crippen LogP contribution in [0.3, 0.4) is 0 Å². The lowest BCUT2D eigenvalue weighted by atomic mass is 10.1.